The Morgan fingerprint density at radius 1 is 1.50 bits per heavy atom. The van der Waals surface area contributed by atoms with Crippen molar-refractivity contribution in [3.05, 3.63) is 35.4 Å². The van der Waals surface area contributed by atoms with Gasteiger partial charge in [-0.2, -0.15) is 0 Å². The minimum absolute atomic E-state index is 0.0209. The van der Waals surface area contributed by atoms with Crippen molar-refractivity contribution in [3.63, 3.8) is 0 Å². The van der Waals surface area contributed by atoms with E-state index < -0.39 is 5.97 Å². The number of hydrogen-bond donors (Lipinski definition) is 2. The summed E-state index contributed by atoms with van der Waals surface area (Å²) < 4.78 is 5.20. The fourth-order valence-corrected chi connectivity index (χ4v) is 1.62. The van der Waals surface area contributed by atoms with E-state index in [-0.39, 0.29) is 6.42 Å². The molecule has 0 radical (unpaired) electrons. The van der Waals surface area contributed by atoms with Gasteiger partial charge in [0.2, 0.25) is 0 Å². The summed E-state index contributed by atoms with van der Waals surface area (Å²) in [7, 11) is 3.47. The number of hydrogen-bond acceptors (Lipinski definition) is 3. The molecule has 0 amide bonds. The lowest BCUT2D eigenvalue weighted by Crippen LogP contribution is -2.05. The van der Waals surface area contributed by atoms with Crippen LogP contribution in [-0.2, 0) is 11.2 Å². The Morgan fingerprint density at radius 2 is 2.28 bits per heavy atom. The van der Waals surface area contributed by atoms with Crippen LogP contribution in [0.25, 0.3) is 6.08 Å². The van der Waals surface area contributed by atoms with Gasteiger partial charge in [0.15, 0.2) is 0 Å². The first-order chi connectivity index (χ1) is 8.67. The number of carbonyl (C=O) groups is 1. The van der Waals surface area contributed by atoms with Gasteiger partial charge in [-0.15, -0.1) is 0 Å². The Morgan fingerprint density at radius 3 is 2.89 bits per heavy atom. The summed E-state index contributed by atoms with van der Waals surface area (Å²) in [6, 6.07) is 5.55. The minimum Gasteiger partial charge on any atom is -0.496 e. The summed E-state index contributed by atoms with van der Waals surface area (Å²) in [5.74, 6) is -0.237. The number of aliphatic carboxylic acids is 1. The van der Waals surface area contributed by atoms with E-state index in [1.54, 1.807) is 13.2 Å². The number of rotatable bonds is 7. The van der Waals surface area contributed by atoms with Gasteiger partial charge in [-0.05, 0) is 31.6 Å². The molecule has 0 unspecified atom stereocenters. The van der Waals surface area contributed by atoms with E-state index in [2.05, 4.69) is 11.4 Å². The van der Waals surface area contributed by atoms with Crippen molar-refractivity contribution in [2.24, 2.45) is 0 Å². The molecule has 0 saturated heterocycles. The second-order valence-electron chi connectivity index (χ2n) is 3.94. The molecule has 1 aromatic rings. The largest absolute Gasteiger partial charge is 0.496 e. The van der Waals surface area contributed by atoms with E-state index in [4.69, 9.17) is 9.84 Å². The third-order valence-corrected chi connectivity index (χ3v) is 2.52. The maximum atomic E-state index is 10.7. The van der Waals surface area contributed by atoms with Gasteiger partial charge in [0, 0.05) is 5.56 Å². The van der Waals surface area contributed by atoms with Gasteiger partial charge in [-0.1, -0.05) is 24.3 Å². The van der Waals surface area contributed by atoms with Crippen LogP contribution in [0.2, 0.25) is 0 Å². The van der Waals surface area contributed by atoms with Gasteiger partial charge >= 0.3 is 5.97 Å². The average Bonchev–Trinajstić information content (AvgIpc) is 2.35. The number of benzene rings is 1. The highest BCUT2D eigenvalue weighted by Crippen LogP contribution is 2.21. The molecule has 4 nitrogen and oxygen atoms in total. The second-order valence-corrected chi connectivity index (χ2v) is 3.94. The zero-order valence-electron chi connectivity index (χ0n) is 10.8. The molecule has 0 saturated carbocycles. The van der Waals surface area contributed by atoms with Crippen LogP contribution in [0.5, 0.6) is 5.75 Å². The molecule has 0 aliphatic carbocycles. The molecule has 0 fully saturated rings. The van der Waals surface area contributed by atoms with Crippen LogP contribution in [0.4, 0.5) is 0 Å². The number of ether oxygens (including phenoxy) is 1. The highest BCUT2D eigenvalue weighted by atomic mass is 16.5. The van der Waals surface area contributed by atoms with Crippen molar-refractivity contribution in [1.82, 2.24) is 5.32 Å². The Kier molecular flexibility index (Phi) is 5.94. The third kappa shape index (κ3) is 4.59. The SMILES string of the molecule is CNCCC=Cc1ccc(CC(=O)O)c(OC)c1. The van der Waals surface area contributed by atoms with Crippen molar-refractivity contribution in [2.45, 2.75) is 12.8 Å². The van der Waals surface area contributed by atoms with E-state index in [0.29, 0.717) is 11.3 Å². The molecule has 1 aromatic carbocycles. The number of carboxylic acid groups (broad SMARTS) is 1. The van der Waals surface area contributed by atoms with Gasteiger partial charge in [0.25, 0.3) is 0 Å². The van der Waals surface area contributed by atoms with Gasteiger partial charge in [-0.3, -0.25) is 4.79 Å². The lowest BCUT2D eigenvalue weighted by atomic mass is 10.1. The first-order valence-corrected chi connectivity index (χ1v) is 5.87. The van der Waals surface area contributed by atoms with Crippen molar-refractivity contribution < 1.29 is 14.6 Å². The summed E-state index contributed by atoms with van der Waals surface area (Å²) in [6.45, 7) is 0.935. The van der Waals surface area contributed by atoms with Crippen molar-refractivity contribution in [2.75, 3.05) is 20.7 Å². The zero-order valence-corrected chi connectivity index (χ0v) is 10.8. The number of nitrogens with one attached hydrogen (secondary N) is 1. The van der Waals surface area contributed by atoms with E-state index in [1.807, 2.05) is 25.3 Å². The lowest BCUT2D eigenvalue weighted by Gasteiger charge is -2.07. The van der Waals surface area contributed by atoms with Crippen LogP contribution in [0.3, 0.4) is 0 Å². The third-order valence-electron chi connectivity index (χ3n) is 2.52. The van der Waals surface area contributed by atoms with Crippen LogP contribution in [0.15, 0.2) is 24.3 Å². The van der Waals surface area contributed by atoms with Crippen LogP contribution < -0.4 is 10.1 Å². The molecule has 0 aliphatic rings. The summed E-state index contributed by atoms with van der Waals surface area (Å²) in [4.78, 5) is 10.7. The first kappa shape index (κ1) is 14.3. The van der Waals surface area contributed by atoms with Gasteiger partial charge in [0.1, 0.15) is 5.75 Å². The molecule has 0 heterocycles. The zero-order chi connectivity index (χ0) is 13.4. The topological polar surface area (TPSA) is 58.6 Å². The van der Waals surface area contributed by atoms with E-state index in [0.717, 1.165) is 18.5 Å². The highest BCUT2D eigenvalue weighted by Gasteiger charge is 2.07. The molecule has 1 rings (SSSR count). The summed E-state index contributed by atoms with van der Waals surface area (Å²) in [6.07, 6.45) is 5.01. The highest BCUT2D eigenvalue weighted by molar-refractivity contribution is 5.71. The predicted molar refractivity (Wildman–Crippen MR) is 71.9 cm³/mol. The maximum absolute atomic E-state index is 10.7. The van der Waals surface area contributed by atoms with Crippen molar-refractivity contribution in [3.8, 4) is 5.75 Å². The maximum Gasteiger partial charge on any atom is 0.307 e. The second kappa shape index (κ2) is 7.50. The molecular formula is C14H19NO3. The summed E-state index contributed by atoms with van der Waals surface area (Å²) in [5, 5.41) is 11.8. The summed E-state index contributed by atoms with van der Waals surface area (Å²) >= 11 is 0. The van der Waals surface area contributed by atoms with E-state index in [1.165, 1.54) is 0 Å². The molecule has 2 N–H and O–H groups in total. The Balaban J connectivity index is 2.78. The Hall–Kier alpha value is -1.81. The van der Waals surface area contributed by atoms with Crippen LogP contribution in [0, 0.1) is 0 Å². The monoisotopic (exact) mass is 249 g/mol. The molecule has 4 heteroatoms. The van der Waals surface area contributed by atoms with Crippen LogP contribution >= 0.6 is 0 Å². The Labute approximate surface area is 107 Å². The fraction of sp³-hybridized carbons (Fsp3) is 0.357. The molecule has 0 atom stereocenters. The van der Waals surface area contributed by atoms with E-state index in [9.17, 15) is 4.79 Å². The minimum atomic E-state index is -0.856. The predicted octanol–water partition coefficient (Wildman–Crippen LogP) is 1.95. The quantitative estimate of drug-likeness (QED) is 0.725. The van der Waals surface area contributed by atoms with E-state index >= 15 is 0 Å². The molecule has 18 heavy (non-hydrogen) atoms. The van der Waals surface area contributed by atoms with Crippen molar-refractivity contribution >= 4 is 12.0 Å². The molecule has 0 bridgehead atoms. The van der Waals surface area contributed by atoms with Crippen LogP contribution in [0.1, 0.15) is 17.5 Å². The van der Waals surface area contributed by atoms with Gasteiger partial charge in [-0.25, -0.2) is 0 Å². The van der Waals surface area contributed by atoms with Gasteiger partial charge < -0.3 is 15.2 Å². The normalized spacial score (nSPS) is 10.8. The molecule has 98 valence electrons. The standard InChI is InChI=1S/C14H19NO3/c1-15-8-4-3-5-11-6-7-12(10-14(16)17)13(9-11)18-2/h3,5-7,9,15H,4,8,10H2,1-2H3,(H,16,17). The average molecular weight is 249 g/mol. The molecule has 0 spiro atoms. The van der Waals surface area contributed by atoms with Gasteiger partial charge in [0.05, 0.1) is 13.5 Å². The molecule has 0 aromatic heterocycles. The first-order valence-electron chi connectivity index (χ1n) is 5.87. The summed E-state index contributed by atoms with van der Waals surface area (Å²) in [5.41, 5.74) is 1.70. The lowest BCUT2D eigenvalue weighted by molar-refractivity contribution is -0.136. The van der Waals surface area contributed by atoms with Crippen LogP contribution in [-0.4, -0.2) is 31.8 Å². The smallest absolute Gasteiger partial charge is 0.307 e. The number of methoxy groups -OCH3 is 1. The number of carboxylic acids is 1. The Bertz CT molecular complexity index is 427. The fourth-order valence-electron chi connectivity index (χ4n) is 1.62. The van der Waals surface area contributed by atoms with Crippen molar-refractivity contribution in [1.29, 1.82) is 0 Å². The molecular weight excluding hydrogens is 230 g/mol. The molecule has 0 aliphatic heterocycles.